The quantitative estimate of drug-likeness (QED) is 0.821. The lowest BCUT2D eigenvalue weighted by Gasteiger charge is -2.31. The van der Waals surface area contributed by atoms with E-state index in [9.17, 15) is 4.79 Å². The summed E-state index contributed by atoms with van der Waals surface area (Å²) in [6.45, 7) is 9.78. The fourth-order valence-electron chi connectivity index (χ4n) is 3.50. The second-order valence-electron chi connectivity index (χ2n) is 8.40. The van der Waals surface area contributed by atoms with Crippen LogP contribution in [-0.4, -0.2) is 23.7 Å². The van der Waals surface area contributed by atoms with Gasteiger partial charge in [-0.05, 0) is 26.7 Å². The predicted octanol–water partition coefficient (Wildman–Crippen LogP) is 4.24. The highest BCUT2D eigenvalue weighted by atomic mass is 16.6. The van der Waals surface area contributed by atoms with Crippen molar-refractivity contribution in [3.8, 4) is 0 Å². The van der Waals surface area contributed by atoms with Gasteiger partial charge in [0.2, 0.25) is 0 Å². The van der Waals surface area contributed by atoms with Crippen LogP contribution >= 0.6 is 0 Å². The van der Waals surface area contributed by atoms with Gasteiger partial charge >= 0.3 is 5.97 Å². The zero-order valence-electron chi connectivity index (χ0n) is 16.7. The topological polar surface area (TPSA) is 47.6 Å². The molecule has 1 aliphatic heterocycles. The maximum atomic E-state index is 13.0. The Morgan fingerprint density at radius 1 is 1.00 bits per heavy atom. The third kappa shape index (κ3) is 4.07. The third-order valence-electron chi connectivity index (χ3n) is 4.68. The molecule has 1 N–H and O–H groups in total. The van der Waals surface area contributed by atoms with E-state index in [4.69, 9.17) is 9.47 Å². The van der Waals surface area contributed by atoms with Crippen LogP contribution in [0, 0.1) is 5.92 Å². The smallest absolute Gasteiger partial charge is 0.326 e. The minimum absolute atomic E-state index is 0.143. The van der Waals surface area contributed by atoms with E-state index in [0.29, 0.717) is 0 Å². The highest BCUT2D eigenvalue weighted by Gasteiger charge is 2.52. The highest BCUT2D eigenvalue weighted by molar-refractivity contribution is 5.78. The van der Waals surface area contributed by atoms with Crippen LogP contribution in [-0.2, 0) is 20.0 Å². The number of hydrogen-bond acceptors (Lipinski definition) is 4. The summed E-state index contributed by atoms with van der Waals surface area (Å²) in [5.41, 5.74) is 0.491. The van der Waals surface area contributed by atoms with Crippen molar-refractivity contribution < 1.29 is 14.3 Å². The van der Waals surface area contributed by atoms with Gasteiger partial charge in [-0.15, -0.1) is 0 Å². The summed E-state index contributed by atoms with van der Waals surface area (Å²) in [5, 5.41) is 3.49. The second kappa shape index (κ2) is 7.45. The Bertz CT molecular complexity index is 726. The minimum atomic E-state index is -0.890. The maximum Gasteiger partial charge on any atom is 0.326 e. The Morgan fingerprint density at radius 3 is 1.89 bits per heavy atom. The zero-order chi connectivity index (χ0) is 19.7. The second-order valence-corrected chi connectivity index (χ2v) is 8.40. The Balaban J connectivity index is 2.06. The molecule has 1 aliphatic rings. The highest BCUT2D eigenvalue weighted by Crippen LogP contribution is 2.40. The van der Waals surface area contributed by atoms with Gasteiger partial charge in [-0.2, -0.15) is 0 Å². The standard InChI is InChI=1S/C23H29NO3/c1-16(2)20-19(21(25)27-22(3,4)5)24-23(26-20,17-12-8-6-9-13-17)18-14-10-7-11-15-18/h6-16,19-20,24H,1-5H3/t19-,20+/m1/s1. The SMILES string of the molecule is CC(C)[C@@H]1OC(c2ccccc2)(c2ccccc2)N[C@H]1C(=O)OC(C)(C)C. The van der Waals surface area contributed by atoms with Crippen LogP contribution in [0.1, 0.15) is 45.7 Å². The molecule has 1 heterocycles. The lowest BCUT2D eigenvalue weighted by atomic mass is 9.94. The van der Waals surface area contributed by atoms with Crippen LogP contribution < -0.4 is 5.32 Å². The van der Waals surface area contributed by atoms with Crippen LogP contribution in [0.15, 0.2) is 60.7 Å². The number of nitrogens with one attached hydrogen (secondary N) is 1. The van der Waals surface area contributed by atoms with Crippen LogP contribution in [0.2, 0.25) is 0 Å². The first-order chi connectivity index (χ1) is 12.7. The summed E-state index contributed by atoms with van der Waals surface area (Å²) in [6, 6.07) is 19.4. The van der Waals surface area contributed by atoms with Crippen molar-refractivity contribution in [3.63, 3.8) is 0 Å². The Labute approximate surface area is 161 Å². The molecule has 1 saturated heterocycles. The molecule has 2 aromatic rings. The van der Waals surface area contributed by atoms with Gasteiger partial charge in [0.05, 0.1) is 6.10 Å². The molecule has 4 nitrogen and oxygen atoms in total. The molecule has 2 aromatic carbocycles. The van der Waals surface area contributed by atoms with Gasteiger partial charge in [-0.3, -0.25) is 10.1 Å². The monoisotopic (exact) mass is 367 g/mol. The minimum Gasteiger partial charge on any atom is -0.459 e. The van der Waals surface area contributed by atoms with Gasteiger partial charge in [-0.1, -0.05) is 74.5 Å². The number of esters is 1. The first-order valence-electron chi connectivity index (χ1n) is 9.52. The number of hydrogen-bond donors (Lipinski definition) is 1. The van der Waals surface area contributed by atoms with E-state index in [1.54, 1.807) is 0 Å². The predicted molar refractivity (Wildman–Crippen MR) is 106 cm³/mol. The average molecular weight is 367 g/mol. The molecule has 144 valence electrons. The largest absolute Gasteiger partial charge is 0.459 e. The molecule has 0 saturated carbocycles. The molecule has 1 fully saturated rings. The van der Waals surface area contributed by atoms with E-state index in [1.165, 1.54) is 0 Å². The van der Waals surface area contributed by atoms with Crippen LogP contribution in [0.3, 0.4) is 0 Å². The molecule has 0 radical (unpaired) electrons. The van der Waals surface area contributed by atoms with E-state index in [0.717, 1.165) is 11.1 Å². The molecule has 0 aromatic heterocycles. The number of ether oxygens (including phenoxy) is 2. The lowest BCUT2D eigenvalue weighted by Crippen LogP contribution is -2.48. The van der Waals surface area contributed by atoms with E-state index >= 15 is 0 Å². The Kier molecular flexibility index (Phi) is 5.41. The molecule has 2 atom stereocenters. The fraction of sp³-hybridized carbons (Fsp3) is 0.435. The molecule has 0 bridgehead atoms. The summed E-state index contributed by atoms with van der Waals surface area (Å²) in [4.78, 5) is 13.0. The molecular weight excluding hydrogens is 338 g/mol. The van der Waals surface area contributed by atoms with Crippen molar-refractivity contribution in [3.05, 3.63) is 71.8 Å². The van der Waals surface area contributed by atoms with E-state index < -0.39 is 17.4 Å². The van der Waals surface area contributed by atoms with Gasteiger partial charge in [0.25, 0.3) is 0 Å². The molecule has 0 aliphatic carbocycles. The lowest BCUT2D eigenvalue weighted by molar-refractivity contribution is -0.159. The van der Waals surface area contributed by atoms with Crippen molar-refractivity contribution in [2.24, 2.45) is 5.92 Å². The van der Waals surface area contributed by atoms with Crippen LogP contribution in [0.4, 0.5) is 0 Å². The normalized spacial score (nSPS) is 22.0. The van der Waals surface area contributed by atoms with E-state index in [1.807, 2.05) is 81.4 Å². The van der Waals surface area contributed by atoms with Crippen molar-refractivity contribution in [2.75, 3.05) is 0 Å². The van der Waals surface area contributed by atoms with Gasteiger partial charge < -0.3 is 9.47 Å². The van der Waals surface area contributed by atoms with Crippen molar-refractivity contribution in [1.29, 1.82) is 0 Å². The Hall–Kier alpha value is -2.17. The van der Waals surface area contributed by atoms with Crippen LogP contribution in [0.5, 0.6) is 0 Å². The maximum absolute atomic E-state index is 13.0. The first kappa shape index (κ1) is 19.6. The van der Waals surface area contributed by atoms with Crippen molar-refractivity contribution >= 4 is 5.97 Å². The summed E-state index contributed by atoms with van der Waals surface area (Å²) in [5.74, 6) is -0.140. The molecule has 4 heteroatoms. The summed E-state index contributed by atoms with van der Waals surface area (Å²) in [6.07, 6.45) is -0.305. The Morgan fingerprint density at radius 2 is 1.48 bits per heavy atom. The number of carbonyl (C=O) groups excluding carboxylic acids is 1. The molecular formula is C23H29NO3. The van der Waals surface area contributed by atoms with E-state index in [2.05, 4.69) is 19.2 Å². The van der Waals surface area contributed by atoms with Gasteiger partial charge in [0.15, 0.2) is 5.72 Å². The summed E-state index contributed by atoms with van der Waals surface area (Å²) in [7, 11) is 0. The molecule has 0 unspecified atom stereocenters. The number of rotatable bonds is 4. The van der Waals surface area contributed by atoms with E-state index in [-0.39, 0.29) is 18.0 Å². The summed E-state index contributed by atoms with van der Waals surface area (Å²) < 4.78 is 12.3. The van der Waals surface area contributed by atoms with Gasteiger partial charge in [0.1, 0.15) is 11.6 Å². The summed E-state index contributed by atoms with van der Waals surface area (Å²) >= 11 is 0. The molecule has 27 heavy (non-hydrogen) atoms. The number of benzene rings is 2. The van der Waals surface area contributed by atoms with Crippen molar-refractivity contribution in [1.82, 2.24) is 5.32 Å². The van der Waals surface area contributed by atoms with Crippen LogP contribution in [0.25, 0.3) is 0 Å². The molecule has 0 spiro atoms. The van der Waals surface area contributed by atoms with Gasteiger partial charge in [0, 0.05) is 11.1 Å². The van der Waals surface area contributed by atoms with Gasteiger partial charge in [-0.25, -0.2) is 0 Å². The fourth-order valence-corrected chi connectivity index (χ4v) is 3.50. The zero-order valence-corrected chi connectivity index (χ0v) is 16.7. The van der Waals surface area contributed by atoms with Crippen molar-refractivity contribution in [2.45, 2.75) is 58.1 Å². The average Bonchev–Trinajstić information content (AvgIpc) is 3.04. The molecule has 0 amide bonds. The first-order valence-corrected chi connectivity index (χ1v) is 9.52. The number of carbonyl (C=O) groups is 1. The third-order valence-corrected chi connectivity index (χ3v) is 4.68. The molecule has 3 rings (SSSR count).